The molecule has 3 aromatic carbocycles. The van der Waals surface area contributed by atoms with Crippen molar-refractivity contribution in [3.05, 3.63) is 96.9 Å². The van der Waals surface area contributed by atoms with E-state index in [2.05, 4.69) is 5.32 Å². The zero-order valence-corrected chi connectivity index (χ0v) is 27.7. The van der Waals surface area contributed by atoms with Crippen LogP contribution in [0.4, 0.5) is 5.69 Å². The molecule has 13 heteroatoms. The average molecular weight is 694 g/mol. The molecule has 0 unspecified atom stereocenters. The van der Waals surface area contributed by atoms with Gasteiger partial charge in [-0.2, -0.15) is 0 Å². The number of nitrogens with zero attached hydrogens (tertiary/aromatic N) is 2. The summed E-state index contributed by atoms with van der Waals surface area (Å²) in [6, 6.07) is 15.6. The number of carbonyl (C=O) groups excluding carboxylic acids is 2. The second-order valence-electron chi connectivity index (χ2n) is 10.1. The molecule has 0 aliphatic carbocycles. The summed E-state index contributed by atoms with van der Waals surface area (Å²) in [6.07, 6.45) is 1.08. The first-order chi connectivity index (χ1) is 19.7. The predicted molar refractivity (Wildman–Crippen MR) is 172 cm³/mol. The molecule has 7 nitrogen and oxygen atoms in total. The van der Waals surface area contributed by atoms with Crippen molar-refractivity contribution in [2.24, 2.45) is 5.92 Å². The Morgan fingerprint density at radius 1 is 0.833 bits per heavy atom. The average Bonchev–Trinajstić information content (AvgIpc) is 2.91. The molecule has 226 valence electrons. The summed E-state index contributed by atoms with van der Waals surface area (Å²) >= 11 is 31.5. The molecule has 0 aliphatic heterocycles. The maximum atomic E-state index is 14.2. The van der Waals surface area contributed by atoms with Crippen molar-refractivity contribution in [2.75, 3.05) is 23.7 Å². The molecular weight excluding hydrogens is 664 g/mol. The van der Waals surface area contributed by atoms with Gasteiger partial charge in [-0.3, -0.25) is 13.9 Å². The van der Waals surface area contributed by atoms with Gasteiger partial charge < -0.3 is 10.2 Å². The van der Waals surface area contributed by atoms with Gasteiger partial charge in [-0.05, 0) is 35.7 Å². The van der Waals surface area contributed by atoms with Gasteiger partial charge >= 0.3 is 0 Å². The van der Waals surface area contributed by atoms with Crippen molar-refractivity contribution in [3.8, 4) is 0 Å². The van der Waals surface area contributed by atoms with Gasteiger partial charge in [0.15, 0.2) is 0 Å². The fourth-order valence-corrected chi connectivity index (χ4v) is 6.19. The van der Waals surface area contributed by atoms with Gasteiger partial charge in [-0.15, -0.1) is 0 Å². The molecule has 1 N–H and O–H groups in total. The predicted octanol–water partition coefficient (Wildman–Crippen LogP) is 7.13. The van der Waals surface area contributed by atoms with Crippen molar-refractivity contribution in [1.82, 2.24) is 10.2 Å². The maximum Gasteiger partial charge on any atom is 0.244 e. The molecule has 0 aromatic heterocycles. The van der Waals surface area contributed by atoms with Crippen molar-refractivity contribution < 1.29 is 18.0 Å². The molecule has 0 heterocycles. The monoisotopic (exact) mass is 691 g/mol. The van der Waals surface area contributed by atoms with Crippen LogP contribution < -0.4 is 9.62 Å². The number of hydrogen-bond donors (Lipinski definition) is 1. The molecule has 1 atom stereocenters. The Bertz CT molecular complexity index is 1520. The second-order valence-corrected chi connectivity index (χ2v) is 14.0. The van der Waals surface area contributed by atoms with Gasteiger partial charge in [-0.25, -0.2) is 8.42 Å². The molecular formula is C29H30Cl5N3O4S. The van der Waals surface area contributed by atoms with Crippen LogP contribution in [0.5, 0.6) is 0 Å². The lowest BCUT2D eigenvalue weighted by atomic mass is 10.0. The molecule has 0 spiro atoms. The van der Waals surface area contributed by atoms with Crippen LogP contribution in [0.15, 0.2) is 60.7 Å². The van der Waals surface area contributed by atoms with E-state index in [0.29, 0.717) is 12.1 Å². The number of amides is 2. The van der Waals surface area contributed by atoms with Gasteiger partial charge in [0.25, 0.3) is 0 Å². The number of anilines is 1. The summed E-state index contributed by atoms with van der Waals surface area (Å²) in [5, 5.41) is 3.61. The number of benzene rings is 3. The molecule has 3 aromatic rings. The maximum absolute atomic E-state index is 14.2. The Labute approximate surface area is 271 Å². The number of halogens is 5. The summed E-state index contributed by atoms with van der Waals surface area (Å²) in [6.45, 7) is 3.40. The normalized spacial score (nSPS) is 12.2. The summed E-state index contributed by atoms with van der Waals surface area (Å²) in [4.78, 5) is 29.2. The number of sulfonamides is 1. The Balaban J connectivity index is 2.13. The van der Waals surface area contributed by atoms with E-state index in [0.717, 1.165) is 16.1 Å². The van der Waals surface area contributed by atoms with Crippen LogP contribution in [0.2, 0.25) is 25.1 Å². The van der Waals surface area contributed by atoms with Gasteiger partial charge in [-0.1, -0.05) is 108 Å². The zero-order valence-electron chi connectivity index (χ0n) is 23.1. The number of carbonyl (C=O) groups is 2. The highest BCUT2D eigenvalue weighted by atomic mass is 35.5. The number of nitrogens with one attached hydrogen (secondary N) is 1. The summed E-state index contributed by atoms with van der Waals surface area (Å²) in [5.74, 6) is -0.965. The smallest absolute Gasteiger partial charge is 0.244 e. The lowest BCUT2D eigenvalue weighted by molar-refractivity contribution is -0.140. The van der Waals surface area contributed by atoms with E-state index >= 15 is 0 Å². The lowest BCUT2D eigenvalue weighted by Crippen LogP contribution is -2.53. The number of rotatable bonds is 12. The van der Waals surface area contributed by atoms with Crippen molar-refractivity contribution >= 4 is 85.5 Å². The Morgan fingerprint density at radius 2 is 1.43 bits per heavy atom. The van der Waals surface area contributed by atoms with Crippen LogP contribution in [0.25, 0.3) is 0 Å². The van der Waals surface area contributed by atoms with Crippen molar-refractivity contribution in [1.29, 1.82) is 0 Å². The minimum absolute atomic E-state index is 0.0289. The second kappa shape index (κ2) is 15.0. The highest BCUT2D eigenvalue weighted by molar-refractivity contribution is 7.92. The largest absolute Gasteiger partial charge is 0.354 e. The van der Waals surface area contributed by atoms with Crippen LogP contribution in [0.3, 0.4) is 0 Å². The number of hydrogen-bond acceptors (Lipinski definition) is 4. The van der Waals surface area contributed by atoms with Gasteiger partial charge in [0.05, 0.1) is 27.0 Å². The molecule has 0 bridgehead atoms. The molecule has 0 fully saturated rings. The van der Waals surface area contributed by atoms with Crippen molar-refractivity contribution in [3.63, 3.8) is 0 Å². The van der Waals surface area contributed by atoms with E-state index in [9.17, 15) is 18.0 Å². The molecule has 0 saturated carbocycles. The standard InChI is InChI=1S/C29H30Cl5N3O4S/c1-18(2)15-35-29(39)27(12-19-8-5-4-6-9-19)36(16-20-21(30)10-7-11-22(20)31)28(38)17-37(42(3,40)41)26-14-24(33)23(32)13-25(26)34/h4-11,13-14,18,27H,12,15-17H2,1-3H3,(H,35,39)/t27-/m0/s1. The SMILES string of the molecule is CC(C)CNC(=O)[C@H](Cc1ccccc1)N(Cc1c(Cl)cccc1Cl)C(=O)CN(c1cc(Cl)c(Cl)cc1Cl)S(C)(=O)=O. The van der Waals surface area contributed by atoms with Crippen LogP contribution in [-0.4, -0.2) is 50.5 Å². The Hall–Kier alpha value is -2.20. The van der Waals surface area contributed by atoms with Gasteiger partial charge in [0.1, 0.15) is 12.6 Å². The lowest BCUT2D eigenvalue weighted by Gasteiger charge is -2.34. The highest BCUT2D eigenvalue weighted by Gasteiger charge is 2.34. The third kappa shape index (κ3) is 9.15. The fraction of sp³-hybridized carbons (Fsp3) is 0.310. The Kier molecular flexibility index (Phi) is 12.2. The first-order valence-corrected chi connectivity index (χ1v) is 16.6. The first-order valence-electron chi connectivity index (χ1n) is 12.8. The summed E-state index contributed by atoms with van der Waals surface area (Å²) in [7, 11) is -4.07. The summed E-state index contributed by atoms with van der Waals surface area (Å²) < 4.78 is 26.8. The van der Waals surface area contributed by atoms with Gasteiger partial charge in [0.2, 0.25) is 21.8 Å². The third-order valence-corrected chi connectivity index (χ3v) is 9.14. The van der Waals surface area contributed by atoms with Crippen LogP contribution in [0.1, 0.15) is 25.0 Å². The van der Waals surface area contributed by atoms with Crippen LogP contribution in [0, 0.1) is 5.92 Å². The molecule has 3 rings (SSSR count). The van der Waals surface area contributed by atoms with Crippen molar-refractivity contribution in [2.45, 2.75) is 32.9 Å². The topological polar surface area (TPSA) is 86.8 Å². The van der Waals surface area contributed by atoms with E-state index in [1.54, 1.807) is 18.2 Å². The van der Waals surface area contributed by atoms with Crippen LogP contribution in [-0.2, 0) is 32.6 Å². The quantitative estimate of drug-likeness (QED) is 0.205. The molecule has 2 amide bonds. The zero-order chi connectivity index (χ0) is 31.2. The van der Waals surface area contributed by atoms with E-state index in [1.807, 2.05) is 44.2 Å². The third-order valence-electron chi connectivity index (χ3n) is 6.28. The van der Waals surface area contributed by atoms with Gasteiger partial charge in [0, 0.05) is 35.1 Å². The van der Waals surface area contributed by atoms with E-state index in [4.69, 9.17) is 58.0 Å². The highest BCUT2D eigenvalue weighted by Crippen LogP contribution is 2.36. The fourth-order valence-electron chi connectivity index (χ4n) is 4.13. The summed E-state index contributed by atoms with van der Waals surface area (Å²) in [5.41, 5.74) is 1.15. The van der Waals surface area contributed by atoms with E-state index in [-0.39, 0.29) is 49.7 Å². The van der Waals surface area contributed by atoms with E-state index < -0.39 is 34.4 Å². The van der Waals surface area contributed by atoms with E-state index in [1.165, 1.54) is 17.0 Å². The molecule has 0 saturated heterocycles. The molecule has 0 radical (unpaired) electrons. The first kappa shape index (κ1) is 34.3. The minimum atomic E-state index is -4.07. The Morgan fingerprint density at radius 3 is 2.00 bits per heavy atom. The minimum Gasteiger partial charge on any atom is -0.354 e. The van der Waals surface area contributed by atoms with Crippen LogP contribution >= 0.6 is 58.0 Å². The molecule has 0 aliphatic rings. The molecule has 42 heavy (non-hydrogen) atoms.